The maximum Gasteiger partial charge on any atom is 0.251 e. The van der Waals surface area contributed by atoms with Crippen molar-refractivity contribution in [3.05, 3.63) is 41.7 Å². The Morgan fingerprint density at radius 3 is 2.81 bits per heavy atom. The van der Waals surface area contributed by atoms with Gasteiger partial charge in [0.15, 0.2) is 0 Å². The topological polar surface area (TPSA) is 85.0 Å². The second-order valence-corrected chi connectivity index (χ2v) is 4.82. The van der Waals surface area contributed by atoms with Gasteiger partial charge in [-0.25, -0.2) is 0 Å². The number of hydrogen-bond acceptors (Lipinski definition) is 4. The second kappa shape index (κ2) is 6.78. The monoisotopic (exact) mass is 287 g/mol. The highest BCUT2D eigenvalue weighted by molar-refractivity contribution is 5.96. The molecule has 1 aromatic carbocycles. The minimum absolute atomic E-state index is 0.107. The summed E-state index contributed by atoms with van der Waals surface area (Å²) in [6.45, 7) is 3.22. The Labute approximate surface area is 124 Å². The van der Waals surface area contributed by atoms with Crippen molar-refractivity contribution in [3.8, 4) is 0 Å². The molecule has 0 unspecified atom stereocenters. The molecule has 112 valence electrons. The predicted octanol–water partition coefficient (Wildman–Crippen LogP) is 1.41. The summed E-state index contributed by atoms with van der Waals surface area (Å²) in [5.41, 5.74) is 8.98. The number of benzene rings is 1. The number of nitrogen functional groups attached to an aromatic ring is 1. The molecule has 0 fully saturated rings. The third-order valence-corrected chi connectivity index (χ3v) is 3.12. The van der Waals surface area contributed by atoms with Gasteiger partial charge >= 0.3 is 0 Å². The van der Waals surface area contributed by atoms with Gasteiger partial charge in [0.1, 0.15) is 0 Å². The molecule has 0 aliphatic rings. The van der Waals surface area contributed by atoms with Crippen LogP contribution in [-0.4, -0.2) is 28.8 Å². The van der Waals surface area contributed by atoms with Gasteiger partial charge in [-0.2, -0.15) is 5.10 Å². The molecule has 0 radical (unpaired) electrons. The molecule has 6 nitrogen and oxygen atoms in total. The smallest absolute Gasteiger partial charge is 0.251 e. The Hall–Kier alpha value is -2.50. The molecule has 0 aliphatic carbocycles. The van der Waals surface area contributed by atoms with Crippen molar-refractivity contribution in [1.82, 2.24) is 15.1 Å². The van der Waals surface area contributed by atoms with E-state index in [-0.39, 0.29) is 5.91 Å². The number of carbonyl (C=O) groups excluding carboxylic acids is 1. The van der Waals surface area contributed by atoms with Crippen molar-refractivity contribution in [3.63, 3.8) is 0 Å². The van der Waals surface area contributed by atoms with E-state index in [0.717, 1.165) is 24.3 Å². The first-order valence-corrected chi connectivity index (χ1v) is 7.00. The van der Waals surface area contributed by atoms with E-state index in [9.17, 15) is 4.79 Å². The van der Waals surface area contributed by atoms with Crippen LogP contribution < -0.4 is 16.4 Å². The highest BCUT2D eigenvalue weighted by atomic mass is 16.1. The number of carbonyl (C=O) groups is 1. The average molecular weight is 287 g/mol. The van der Waals surface area contributed by atoms with Crippen molar-refractivity contribution in [1.29, 1.82) is 0 Å². The van der Waals surface area contributed by atoms with Gasteiger partial charge in [-0.15, -0.1) is 0 Å². The number of hydrogen-bond donors (Lipinski definition) is 3. The lowest BCUT2D eigenvalue weighted by Crippen LogP contribution is -2.22. The first kappa shape index (κ1) is 14.9. The van der Waals surface area contributed by atoms with Gasteiger partial charge in [-0.05, 0) is 31.2 Å². The first-order chi connectivity index (χ1) is 10.1. The third kappa shape index (κ3) is 3.98. The van der Waals surface area contributed by atoms with E-state index in [2.05, 4.69) is 15.7 Å². The molecule has 0 saturated heterocycles. The Bertz CT molecular complexity index is 620. The van der Waals surface area contributed by atoms with Gasteiger partial charge in [-0.1, -0.05) is 0 Å². The molecule has 4 N–H and O–H groups in total. The summed E-state index contributed by atoms with van der Waals surface area (Å²) in [7, 11) is 1.90. The van der Waals surface area contributed by atoms with Crippen LogP contribution in [0.1, 0.15) is 23.0 Å². The largest absolute Gasteiger partial charge is 0.397 e. The highest BCUT2D eigenvalue weighted by Gasteiger charge is 2.07. The first-order valence-electron chi connectivity index (χ1n) is 7.00. The van der Waals surface area contributed by atoms with Gasteiger partial charge < -0.3 is 16.4 Å². The molecule has 0 aliphatic heterocycles. The molecule has 0 spiro atoms. The lowest BCUT2D eigenvalue weighted by molar-refractivity contribution is 0.0956. The van der Waals surface area contributed by atoms with E-state index < -0.39 is 0 Å². The summed E-state index contributed by atoms with van der Waals surface area (Å²) < 4.78 is 1.78. The van der Waals surface area contributed by atoms with Crippen LogP contribution in [0.5, 0.6) is 0 Å². The zero-order chi connectivity index (χ0) is 15.2. The number of rotatable bonds is 6. The maximum absolute atomic E-state index is 11.7. The molecule has 0 bridgehead atoms. The molecule has 0 atom stereocenters. The van der Waals surface area contributed by atoms with E-state index in [1.165, 1.54) is 0 Å². The zero-order valence-corrected chi connectivity index (χ0v) is 12.4. The molecular formula is C15H21N5O. The summed E-state index contributed by atoms with van der Waals surface area (Å²) in [6.07, 6.45) is 2.74. The summed E-state index contributed by atoms with van der Waals surface area (Å²) >= 11 is 0. The number of aryl methyl sites for hydroxylation is 1. The lowest BCUT2D eigenvalue weighted by Gasteiger charge is -2.10. The van der Waals surface area contributed by atoms with E-state index in [0.29, 0.717) is 17.8 Å². The van der Waals surface area contributed by atoms with Crippen LogP contribution in [0.3, 0.4) is 0 Å². The minimum Gasteiger partial charge on any atom is -0.397 e. The molecule has 0 saturated carbocycles. The van der Waals surface area contributed by atoms with E-state index >= 15 is 0 Å². The van der Waals surface area contributed by atoms with E-state index in [4.69, 9.17) is 5.73 Å². The molecule has 2 rings (SSSR count). The molecule has 1 heterocycles. The van der Waals surface area contributed by atoms with Crippen LogP contribution in [-0.2, 0) is 13.5 Å². The molecule has 21 heavy (non-hydrogen) atoms. The Kier molecular flexibility index (Phi) is 4.81. The molecule has 2 aromatic rings. The molecular weight excluding hydrogens is 266 g/mol. The normalized spacial score (nSPS) is 10.4. The van der Waals surface area contributed by atoms with Gasteiger partial charge in [-0.3, -0.25) is 9.48 Å². The van der Waals surface area contributed by atoms with Crippen molar-refractivity contribution in [2.24, 2.45) is 7.05 Å². The standard InChI is InChI=1S/C15H21N5O/c1-3-17-15(21)11-4-5-14(13(16)10-11)18-8-6-12-7-9-20(2)19-12/h4-5,7,9-10,18H,3,6,8,16H2,1-2H3,(H,17,21). The zero-order valence-electron chi connectivity index (χ0n) is 12.4. The summed E-state index contributed by atoms with van der Waals surface area (Å²) in [5.74, 6) is -0.107. The second-order valence-electron chi connectivity index (χ2n) is 4.82. The van der Waals surface area contributed by atoms with Crippen molar-refractivity contribution >= 4 is 17.3 Å². The Morgan fingerprint density at radius 2 is 2.19 bits per heavy atom. The number of amides is 1. The third-order valence-electron chi connectivity index (χ3n) is 3.12. The predicted molar refractivity (Wildman–Crippen MR) is 84.3 cm³/mol. The Balaban J connectivity index is 1.93. The van der Waals surface area contributed by atoms with E-state index in [1.54, 1.807) is 16.8 Å². The summed E-state index contributed by atoms with van der Waals surface area (Å²) in [6, 6.07) is 7.28. The Morgan fingerprint density at radius 1 is 1.38 bits per heavy atom. The fraction of sp³-hybridized carbons (Fsp3) is 0.333. The van der Waals surface area contributed by atoms with Crippen LogP contribution in [0.2, 0.25) is 0 Å². The lowest BCUT2D eigenvalue weighted by atomic mass is 10.1. The molecule has 1 amide bonds. The number of nitrogens with zero attached hydrogens (tertiary/aromatic N) is 2. The van der Waals surface area contributed by atoms with Crippen LogP contribution in [0.15, 0.2) is 30.5 Å². The quantitative estimate of drug-likeness (QED) is 0.701. The van der Waals surface area contributed by atoms with Crippen LogP contribution in [0, 0.1) is 0 Å². The van der Waals surface area contributed by atoms with E-state index in [1.807, 2.05) is 32.3 Å². The van der Waals surface area contributed by atoms with Crippen molar-refractivity contribution < 1.29 is 4.79 Å². The number of nitrogens with two attached hydrogens (primary N) is 1. The fourth-order valence-corrected chi connectivity index (χ4v) is 2.05. The summed E-state index contributed by atoms with van der Waals surface area (Å²) in [5, 5.41) is 10.3. The number of anilines is 2. The maximum atomic E-state index is 11.7. The van der Waals surface area contributed by atoms with Crippen LogP contribution in [0.25, 0.3) is 0 Å². The van der Waals surface area contributed by atoms with Crippen LogP contribution >= 0.6 is 0 Å². The number of aromatic nitrogens is 2. The van der Waals surface area contributed by atoms with Gasteiger partial charge in [0.2, 0.25) is 0 Å². The molecule has 6 heteroatoms. The van der Waals surface area contributed by atoms with Crippen molar-refractivity contribution in [2.75, 3.05) is 24.1 Å². The highest BCUT2D eigenvalue weighted by Crippen LogP contribution is 2.19. The average Bonchev–Trinajstić information content (AvgIpc) is 2.86. The SMILES string of the molecule is CCNC(=O)c1ccc(NCCc2ccn(C)n2)c(N)c1. The minimum atomic E-state index is -0.107. The van der Waals surface area contributed by atoms with Gasteiger partial charge in [0, 0.05) is 38.3 Å². The number of nitrogens with one attached hydrogen (secondary N) is 2. The molecule has 1 aromatic heterocycles. The van der Waals surface area contributed by atoms with Crippen LogP contribution in [0.4, 0.5) is 11.4 Å². The van der Waals surface area contributed by atoms with Crippen molar-refractivity contribution in [2.45, 2.75) is 13.3 Å². The van der Waals surface area contributed by atoms with Gasteiger partial charge in [0.05, 0.1) is 17.1 Å². The summed E-state index contributed by atoms with van der Waals surface area (Å²) in [4.78, 5) is 11.7. The fourth-order valence-electron chi connectivity index (χ4n) is 2.05. The van der Waals surface area contributed by atoms with Gasteiger partial charge in [0.25, 0.3) is 5.91 Å².